The molecule has 7 heteroatoms. The molecule has 0 atom stereocenters. The Labute approximate surface area is 151 Å². The summed E-state index contributed by atoms with van der Waals surface area (Å²) in [5.74, 6) is 0.727. The summed E-state index contributed by atoms with van der Waals surface area (Å²) in [5.41, 5.74) is 6.88. The summed E-state index contributed by atoms with van der Waals surface area (Å²) in [4.78, 5) is 4.63. The molecule has 1 aliphatic rings. The number of rotatable bonds is 7. The Morgan fingerprint density at radius 3 is 2.44 bits per heavy atom. The zero-order valence-electron chi connectivity index (χ0n) is 15.2. The van der Waals surface area contributed by atoms with Crippen LogP contribution in [0.25, 0.3) is 0 Å². The Hall–Kier alpha value is -1.60. The first-order chi connectivity index (χ1) is 11.9. The van der Waals surface area contributed by atoms with E-state index in [0.717, 1.165) is 18.4 Å². The first-order valence-electron chi connectivity index (χ1n) is 9.02. The van der Waals surface area contributed by atoms with Gasteiger partial charge in [0.1, 0.15) is 0 Å². The van der Waals surface area contributed by atoms with Crippen molar-refractivity contribution in [1.82, 2.24) is 10.0 Å². The minimum atomic E-state index is -3.45. The van der Waals surface area contributed by atoms with Crippen molar-refractivity contribution in [3.8, 4) is 0 Å². The SMILES string of the molecule is CC(C)CNS(=O)(=O)c1ccc(CN=C(N)NC2CCCCC2)cc1. The van der Waals surface area contributed by atoms with Gasteiger partial charge in [-0.3, -0.25) is 0 Å². The number of hydrogen-bond acceptors (Lipinski definition) is 3. The monoisotopic (exact) mass is 366 g/mol. The molecule has 0 radical (unpaired) electrons. The van der Waals surface area contributed by atoms with E-state index in [1.807, 2.05) is 13.8 Å². The standard InChI is InChI=1S/C18H30N4O2S/c1-14(2)12-21-25(23,24)17-10-8-15(9-11-17)13-20-18(19)22-16-6-4-3-5-7-16/h8-11,14,16,21H,3-7,12-13H2,1-2H3,(H3,19,20,22). The van der Waals surface area contributed by atoms with Crippen LogP contribution < -0.4 is 15.8 Å². The maximum Gasteiger partial charge on any atom is 0.240 e. The van der Waals surface area contributed by atoms with Crippen LogP contribution in [0.5, 0.6) is 0 Å². The number of nitrogens with zero attached hydrogens (tertiary/aromatic N) is 1. The third kappa shape index (κ3) is 6.66. The minimum absolute atomic E-state index is 0.267. The van der Waals surface area contributed by atoms with Gasteiger partial charge in [0.05, 0.1) is 11.4 Å². The number of hydrogen-bond donors (Lipinski definition) is 3. The molecule has 1 aromatic rings. The second kappa shape index (κ2) is 9.20. The highest BCUT2D eigenvalue weighted by atomic mass is 32.2. The lowest BCUT2D eigenvalue weighted by atomic mass is 9.96. The molecule has 0 bridgehead atoms. The van der Waals surface area contributed by atoms with Crippen molar-refractivity contribution >= 4 is 16.0 Å². The largest absolute Gasteiger partial charge is 0.370 e. The van der Waals surface area contributed by atoms with E-state index in [9.17, 15) is 8.42 Å². The summed E-state index contributed by atoms with van der Waals surface area (Å²) < 4.78 is 26.9. The maximum atomic E-state index is 12.2. The van der Waals surface area contributed by atoms with Crippen molar-refractivity contribution in [3.05, 3.63) is 29.8 Å². The molecule has 0 unspecified atom stereocenters. The second-order valence-electron chi connectivity index (χ2n) is 7.07. The number of guanidine groups is 1. The van der Waals surface area contributed by atoms with E-state index in [4.69, 9.17) is 5.73 Å². The molecule has 1 saturated carbocycles. The molecule has 1 aliphatic carbocycles. The van der Waals surface area contributed by atoms with Crippen molar-refractivity contribution in [3.63, 3.8) is 0 Å². The number of nitrogens with two attached hydrogens (primary N) is 1. The molecule has 0 amide bonds. The zero-order chi connectivity index (χ0) is 18.3. The van der Waals surface area contributed by atoms with E-state index in [1.165, 1.54) is 19.3 Å². The summed E-state index contributed by atoms with van der Waals surface area (Å²) >= 11 is 0. The second-order valence-corrected chi connectivity index (χ2v) is 8.84. The predicted octanol–water partition coefficient (Wildman–Crippen LogP) is 2.36. The lowest BCUT2D eigenvalue weighted by Gasteiger charge is -2.23. The van der Waals surface area contributed by atoms with Crippen LogP contribution in [0.4, 0.5) is 0 Å². The summed E-state index contributed by atoms with van der Waals surface area (Å²) in [6.45, 7) is 4.80. The molecule has 1 aromatic carbocycles. The molecule has 25 heavy (non-hydrogen) atoms. The summed E-state index contributed by atoms with van der Waals surface area (Å²) in [5, 5.41) is 3.27. The van der Waals surface area contributed by atoms with E-state index in [-0.39, 0.29) is 10.8 Å². The van der Waals surface area contributed by atoms with Crippen LogP contribution in [-0.4, -0.2) is 27.0 Å². The van der Waals surface area contributed by atoms with Crippen molar-refractivity contribution in [2.75, 3.05) is 6.54 Å². The number of aliphatic imine (C=N–C) groups is 1. The number of nitrogens with one attached hydrogen (secondary N) is 2. The van der Waals surface area contributed by atoms with Gasteiger partial charge in [0, 0.05) is 12.6 Å². The van der Waals surface area contributed by atoms with Crippen LogP contribution in [0.1, 0.15) is 51.5 Å². The molecule has 0 spiro atoms. The lowest BCUT2D eigenvalue weighted by molar-refractivity contribution is 0.412. The third-order valence-corrected chi connectivity index (χ3v) is 5.74. The molecule has 4 N–H and O–H groups in total. The van der Waals surface area contributed by atoms with Gasteiger partial charge < -0.3 is 11.1 Å². The van der Waals surface area contributed by atoms with Gasteiger partial charge in [0.15, 0.2) is 5.96 Å². The molecule has 0 heterocycles. The quantitative estimate of drug-likeness (QED) is 0.510. The Morgan fingerprint density at radius 2 is 1.84 bits per heavy atom. The van der Waals surface area contributed by atoms with Crippen LogP contribution >= 0.6 is 0 Å². The van der Waals surface area contributed by atoms with Crippen LogP contribution in [0.3, 0.4) is 0 Å². The fourth-order valence-electron chi connectivity index (χ4n) is 2.81. The normalized spacial score (nSPS) is 17.0. The van der Waals surface area contributed by atoms with Gasteiger partial charge >= 0.3 is 0 Å². The number of benzene rings is 1. The van der Waals surface area contributed by atoms with E-state index >= 15 is 0 Å². The molecule has 0 aliphatic heterocycles. The van der Waals surface area contributed by atoms with Crippen LogP contribution in [0.2, 0.25) is 0 Å². The van der Waals surface area contributed by atoms with Crippen molar-refractivity contribution in [2.24, 2.45) is 16.6 Å². The molecular weight excluding hydrogens is 336 g/mol. The molecule has 6 nitrogen and oxygen atoms in total. The van der Waals surface area contributed by atoms with E-state index in [2.05, 4.69) is 15.0 Å². The van der Waals surface area contributed by atoms with Crippen molar-refractivity contribution in [1.29, 1.82) is 0 Å². The van der Waals surface area contributed by atoms with Gasteiger partial charge in [-0.25, -0.2) is 18.1 Å². The van der Waals surface area contributed by atoms with Gasteiger partial charge in [-0.05, 0) is 36.5 Å². The summed E-state index contributed by atoms with van der Waals surface area (Å²) in [6, 6.07) is 7.20. The average Bonchev–Trinajstić information content (AvgIpc) is 2.59. The molecule has 0 aromatic heterocycles. The highest BCUT2D eigenvalue weighted by molar-refractivity contribution is 7.89. The van der Waals surface area contributed by atoms with Gasteiger partial charge in [-0.1, -0.05) is 45.2 Å². The predicted molar refractivity (Wildman–Crippen MR) is 102 cm³/mol. The molecular formula is C18H30N4O2S. The Kier molecular flexibility index (Phi) is 7.25. The van der Waals surface area contributed by atoms with Crippen molar-refractivity contribution < 1.29 is 8.42 Å². The number of sulfonamides is 1. The minimum Gasteiger partial charge on any atom is -0.370 e. The molecule has 140 valence electrons. The Balaban J connectivity index is 1.90. The third-order valence-electron chi connectivity index (χ3n) is 4.30. The fourth-order valence-corrected chi connectivity index (χ4v) is 4.03. The fraction of sp³-hybridized carbons (Fsp3) is 0.611. The Morgan fingerprint density at radius 1 is 1.20 bits per heavy atom. The smallest absolute Gasteiger partial charge is 0.240 e. The topological polar surface area (TPSA) is 96.6 Å². The van der Waals surface area contributed by atoms with Crippen molar-refractivity contribution in [2.45, 2.75) is 63.4 Å². The van der Waals surface area contributed by atoms with E-state index in [0.29, 0.717) is 25.1 Å². The van der Waals surface area contributed by atoms with Crippen LogP contribution in [-0.2, 0) is 16.6 Å². The summed E-state index contributed by atoms with van der Waals surface area (Å²) in [7, 11) is -3.45. The molecule has 2 rings (SSSR count). The first kappa shape index (κ1) is 19.7. The van der Waals surface area contributed by atoms with E-state index < -0.39 is 10.0 Å². The van der Waals surface area contributed by atoms with Gasteiger partial charge in [0.2, 0.25) is 10.0 Å². The highest BCUT2D eigenvalue weighted by Crippen LogP contribution is 2.17. The zero-order valence-corrected chi connectivity index (χ0v) is 16.0. The van der Waals surface area contributed by atoms with E-state index in [1.54, 1.807) is 24.3 Å². The lowest BCUT2D eigenvalue weighted by Crippen LogP contribution is -2.41. The molecule has 0 saturated heterocycles. The summed E-state index contributed by atoms with van der Waals surface area (Å²) in [6.07, 6.45) is 6.08. The van der Waals surface area contributed by atoms with Gasteiger partial charge in [-0.15, -0.1) is 0 Å². The Bertz CT molecular complexity index is 663. The highest BCUT2D eigenvalue weighted by Gasteiger charge is 2.14. The van der Waals surface area contributed by atoms with Gasteiger partial charge in [0.25, 0.3) is 0 Å². The van der Waals surface area contributed by atoms with Crippen LogP contribution in [0.15, 0.2) is 34.2 Å². The average molecular weight is 367 g/mol. The van der Waals surface area contributed by atoms with Crippen LogP contribution in [0, 0.1) is 5.92 Å². The first-order valence-corrected chi connectivity index (χ1v) is 10.5. The van der Waals surface area contributed by atoms with Gasteiger partial charge in [-0.2, -0.15) is 0 Å². The molecule has 1 fully saturated rings. The maximum absolute atomic E-state index is 12.2.